The van der Waals surface area contributed by atoms with Gasteiger partial charge >= 0.3 is 0 Å². The molecule has 1 amide bonds. The number of thiophene rings is 1. The zero-order chi connectivity index (χ0) is 17.8. The monoisotopic (exact) mass is 348 g/mol. The van der Waals surface area contributed by atoms with Gasteiger partial charge in [-0.15, -0.1) is 11.3 Å². The van der Waals surface area contributed by atoms with E-state index >= 15 is 0 Å². The summed E-state index contributed by atoms with van der Waals surface area (Å²) in [5.74, 6) is 0.330. The molecule has 1 N–H and O–H groups in total. The van der Waals surface area contributed by atoms with Crippen molar-refractivity contribution < 1.29 is 4.79 Å². The number of piperidine rings is 1. The molecule has 1 aliphatic heterocycles. The van der Waals surface area contributed by atoms with Crippen LogP contribution in [0.3, 0.4) is 0 Å². The molecule has 3 aromatic rings. The van der Waals surface area contributed by atoms with Crippen LogP contribution in [-0.4, -0.2) is 28.7 Å². The zero-order valence-corrected chi connectivity index (χ0v) is 14.8. The number of pyridine rings is 1. The molecule has 3 heterocycles. The fourth-order valence-electron chi connectivity index (χ4n) is 3.40. The highest BCUT2D eigenvalue weighted by atomic mass is 32.1. The second-order valence-electron chi connectivity index (χ2n) is 6.80. The molecule has 0 spiro atoms. The van der Waals surface area contributed by atoms with Gasteiger partial charge in [0.1, 0.15) is 5.84 Å². The van der Waals surface area contributed by atoms with E-state index in [9.17, 15) is 4.79 Å². The van der Waals surface area contributed by atoms with Gasteiger partial charge in [-0.1, -0.05) is 6.92 Å². The van der Waals surface area contributed by atoms with Crippen molar-refractivity contribution in [2.45, 2.75) is 25.2 Å². The Kier molecular flexibility index (Phi) is 3.37. The smallest absolute Gasteiger partial charge is 0.228 e. The van der Waals surface area contributed by atoms with Gasteiger partial charge in [-0.05, 0) is 24.3 Å². The molecular weight excluding hydrogens is 332 g/mol. The van der Waals surface area contributed by atoms with Crippen molar-refractivity contribution in [1.82, 2.24) is 9.88 Å². The minimum Gasteiger partial charge on any atom is -0.304 e. The van der Waals surface area contributed by atoms with E-state index in [4.69, 9.17) is 10.7 Å². The van der Waals surface area contributed by atoms with Crippen LogP contribution in [0, 0.1) is 16.7 Å². The van der Waals surface area contributed by atoms with E-state index in [1.165, 1.54) is 4.90 Å². The highest BCUT2D eigenvalue weighted by molar-refractivity contribution is 7.19. The molecular formula is C19H16N4OS. The number of nitriles is 1. The highest BCUT2D eigenvalue weighted by Gasteiger charge is 2.39. The van der Waals surface area contributed by atoms with E-state index in [1.54, 1.807) is 24.5 Å². The molecule has 0 saturated carbocycles. The van der Waals surface area contributed by atoms with E-state index in [2.05, 4.69) is 17.1 Å². The van der Waals surface area contributed by atoms with E-state index < -0.39 is 0 Å². The van der Waals surface area contributed by atoms with Crippen LogP contribution in [-0.2, 0) is 10.2 Å². The van der Waals surface area contributed by atoms with Gasteiger partial charge in [0.15, 0.2) is 0 Å². The summed E-state index contributed by atoms with van der Waals surface area (Å²) in [5, 5.41) is 19.3. The predicted octanol–water partition coefficient (Wildman–Crippen LogP) is 3.81. The number of amidine groups is 1. The Morgan fingerprint density at radius 2 is 2.12 bits per heavy atom. The molecule has 1 aliphatic rings. The van der Waals surface area contributed by atoms with Gasteiger partial charge in [0.25, 0.3) is 0 Å². The molecule has 6 heteroatoms. The molecule has 4 rings (SSSR count). The number of aromatic nitrogens is 1. The predicted molar refractivity (Wildman–Crippen MR) is 98.9 cm³/mol. The molecule has 25 heavy (non-hydrogen) atoms. The average Bonchev–Trinajstić information content (AvgIpc) is 3.05. The molecule has 0 unspecified atom stereocenters. The number of benzene rings is 1. The number of hydrogen-bond acceptors (Lipinski definition) is 5. The molecule has 0 bridgehead atoms. The summed E-state index contributed by atoms with van der Waals surface area (Å²) in [5.41, 5.74) is 1.09. The molecule has 0 radical (unpaired) electrons. The lowest BCUT2D eigenvalue weighted by Gasteiger charge is -2.36. The lowest BCUT2D eigenvalue weighted by atomic mass is 9.78. The summed E-state index contributed by atoms with van der Waals surface area (Å²) in [4.78, 5) is 19.3. The molecule has 124 valence electrons. The van der Waals surface area contributed by atoms with Crippen LogP contribution in [0.5, 0.6) is 0 Å². The van der Waals surface area contributed by atoms with Crippen molar-refractivity contribution in [3.8, 4) is 6.07 Å². The lowest BCUT2D eigenvalue weighted by molar-refractivity contribution is -0.128. The van der Waals surface area contributed by atoms with Gasteiger partial charge in [-0.25, -0.2) is 0 Å². The molecule has 5 nitrogen and oxygen atoms in total. The Bertz CT molecular complexity index is 1070. The van der Waals surface area contributed by atoms with Gasteiger partial charge in [-0.3, -0.25) is 15.2 Å². The number of amides is 1. The van der Waals surface area contributed by atoms with Crippen LogP contribution in [0.2, 0.25) is 0 Å². The van der Waals surface area contributed by atoms with E-state index in [1.807, 2.05) is 25.3 Å². The number of rotatable bonds is 1. The van der Waals surface area contributed by atoms with Crippen molar-refractivity contribution in [1.29, 1.82) is 10.7 Å². The third kappa shape index (κ3) is 2.39. The van der Waals surface area contributed by atoms with Crippen molar-refractivity contribution in [3.05, 3.63) is 40.9 Å². The van der Waals surface area contributed by atoms with Crippen LogP contribution < -0.4 is 0 Å². The Morgan fingerprint density at radius 1 is 1.32 bits per heavy atom. The van der Waals surface area contributed by atoms with Gasteiger partial charge in [0.2, 0.25) is 5.91 Å². The van der Waals surface area contributed by atoms with Gasteiger partial charge < -0.3 is 4.90 Å². The molecule has 1 fully saturated rings. The number of carbonyl (C=O) groups is 1. The highest BCUT2D eigenvalue weighted by Crippen LogP contribution is 2.43. The van der Waals surface area contributed by atoms with E-state index in [0.29, 0.717) is 24.2 Å². The van der Waals surface area contributed by atoms with Crippen LogP contribution in [0.15, 0.2) is 30.5 Å². The maximum atomic E-state index is 12.2. The third-order valence-corrected chi connectivity index (χ3v) is 6.35. The number of carbonyl (C=O) groups excluding carboxylic acids is 1. The maximum absolute atomic E-state index is 12.2. The van der Waals surface area contributed by atoms with Crippen LogP contribution in [0.4, 0.5) is 0 Å². The Labute approximate surface area is 149 Å². The first-order chi connectivity index (χ1) is 11.9. The summed E-state index contributed by atoms with van der Waals surface area (Å²) in [7, 11) is 1.66. The van der Waals surface area contributed by atoms with Crippen LogP contribution >= 0.6 is 11.3 Å². The van der Waals surface area contributed by atoms with E-state index in [0.717, 1.165) is 25.9 Å². The summed E-state index contributed by atoms with van der Waals surface area (Å²) >= 11 is 1.62. The summed E-state index contributed by atoms with van der Waals surface area (Å²) in [6, 6.07) is 9.78. The second-order valence-corrected chi connectivity index (χ2v) is 7.89. The van der Waals surface area contributed by atoms with Gasteiger partial charge in [0.05, 0.1) is 21.8 Å². The quantitative estimate of drug-likeness (QED) is 0.726. The maximum Gasteiger partial charge on any atom is 0.228 e. The van der Waals surface area contributed by atoms with Crippen molar-refractivity contribution in [2.24, 2.45) is 0 Å². The van der Waals surface area contributed by atoms with Crippen molar-refractivity contribution in [3.63, 3.8) is 0 Å². The average molecular weight is 348 g/mol. The molecule has 1 atom stereocenters. The number of likely N-dealkylation sites (tertiary alicyclic amines) is 1. The molecule has 1 aromatic carbocycles. The largest absolute Gasteiger partial charge is 0.304 e. The first kappa shape index (κ1) is 15.7. The fraction of sp³-hybridized carbons (Fsp3) is 0.263. The normalized spacial score (nSPS) is 21.1. The Balaban J connectivity index is 1.89. The first-order valence-corrected chi connectivity index (χ1v) is 8.80. The van der Waals surface area contributed by atoms with Crippen LogP contribution in [0.25, 0.3) is 21.0 Å². The molecule has 0 aliphatic carbocycles. The van der Waals surface area contributed by atoms with E-state index in [-0.39, 0.29) is 11.3 Å². The number of fused-ring (bicyclic) bond motifs is 3. The molecule has 2 aromatic heterocycles. The topological polar surface area (TPSA) is 80.8 Å². The number of nitrogens with one attached hydrogen (secondary N) is 1. The summed E-state index contributed by atoms with van der Waals surface area (Å²) in [6.45, 7) is 2.05. The Hall–Kier alpha value is -2.78. The van der Waals surface area contributed by atoms with Crippen molar-refractivity contribution >= 4 is 44.1 Å². The van der Waals surface area contributed by atoms with Gasteiger partial charge in [0, 0.05) is 47.2 Å². The number of nitrogens with zero attached hydrogens (tertiary/aromatic N) is 3. The minimum atomic E-state index is -0.372. The lowest BCUT2D eigenvalue weighted by Crippen LogP contribution is -2.46. The van der Waals surface area contributed by atoms with Gasteiger partial charge in [-0.2, -0.15) is 5.26 Å². The second kappa shape index (κ2) is 5.36. The number of hydrogen-bond donors (Lipinski definition) is 1. The minimum absolute atomic E-state index is 0.0223. The summed E-state index contributed by atoms with van der Waals surface area (Å²) < 4.78 is 1.04. The van der Waals surface area contributed by atoms with Crippen molar-refractivity contribution in [2.75, 3.05) is 7.05 Å². The third-order valence-electron chi connectivity index (χ3n) is 4.97. The Morgan fingerprint density at radius 3 is 2.84 bits per heavy atom. The zero-order valence-electron chi connectivity index (χ0n) is 14.0. The standard InChI is InChI=1S/C19H16N4OS/c1-19(7-17(21)23(2)18(24)8-19)16-6-13-12-5-11(9-20)3-4-14(12)22-10-15(13)25-16/h3-6,10,21H,7-8H2,1-2H3/t19-/m0/s1. The van der Waals surface area contributed by atoms with Crippen LogP contribution in [0.1, 0.15) is 30.2 Å². The fourth-order valence-corrected chi connectivity index (χ4v) is 4.59. The molecule has 1 saturated heterocycles. The summed E-state index contributed by atoms with van der Waals surface area (Å²) in [6.07, 6.45) is 2.79. The first-order valence-electron chi connectivity index (χ1n) is 7.98. The SMILES string of the molecule is CN1C(=N)C[C@](C)(c2cc3c(cnc4ccc(C#N)cc43)s2)CC1=O.